The quantitative estimate of drug-likeness (QED) is 0.152. The van der Waals surface area contributed by atoms with Gasteiger partial charge < -0.3 is 20.3 Å². The first-order chi connectivity index (χ1) is 14.5. The fraction of sp³-hybridized carbons (Fsp3) is 0.600. The largest absolute Gasteiger partial charge is 0.383 e. The third kappa shape index (κ3) is 9.71. The monoisotopic (exact) mass is 567 g/mol. The summed E-state index contributed by atoms with van der Waals surface area (Å²) in [4.78, 5) is 18.3. The Morgan fingerprint density at radius 2 is 2.06 bits per heavy atom. The fourth-order valence-electron chi connectivity index (χ4n) is 3.10. The molecule has 0 bridgehead atoms. The number of methoxy groups -OCH3 is 1. The van der Waals surface area contributed by atoms with Crippen molar-refractivity contribution in [1.82, 2.24) is 20.3 Å². The molecule has 1 saturated heterocycles. The van der Waals surface area contributed by atoms with E-state index in [4.69, 9.17) is 4.74 Å². The first kappa shape index (κ1) is 27.6. The molecule has 1 aliphatic rings. The molecular formula is C20H34IN5O4S. The van der Waals surface area contributed by atoms with Crippen LogP contribution >= 0.6 is 24.0 Å². The van der Waals surface area contributed by atoms with Crippen LogP contribution in [-0.4, -0.2) is 71.6 Å². The van der Waals surface area contributed by atoms with Crippen molar-refractivity contribution in [2.75, 3.05) is 46.4 Å². The van der Waals surface area contributed by atoms with E-state index in [9.17, 15) is 13.2 Å². The van der Waals surface area contributed by atoms with Crippen molar-refractivity contribution < 1.29 is 17.9 Å². The molecule has 9 nitrogen and oxygen atoms in total. The Balaban J connectivity index is 0.00000480. The number of hydrogen-bond acceptors (Lipinski definition) is 5. The summed E-state index contributed by atoms with van der Waals surface area (Å²) in [6.45, 7) is 5.89. The van der Waals surface area contributed by atoms with Gasteiger partial charge in [-0.25, -0.2) is 18.1 Å². The smallest absolute Gasteiger partial charge is 0.240 e. The summed E-state index contributed by atoms with van der Waals surface area (Å²) in [7, 11) is -2.05. The molecule has 0 aromatic heterocycles. The first-order valence-electron chi connectivity index (χ1n) is 10.3. The predicted octanol–water partition coefficient (Wildman–Crippen LogP) is 1.30. The Bertz CT molecular complexity index is 820. The van der Waals surface area contributed by atoms with Crippen molar-refractivity contribution in [3.63, 3.8) is 0 Å². The Morgan fingerprint density at radius 3 is 2.74 bits per heavy atom. The lowest BCUT2D eigenvalue weighted by atomic mass is 10.2. The van der Waals surface area contributed by atoms with Gasteiger partial charge in [-0.3, -0.25) is 4.79 Å². The average molecular weight is 567 g/mol. The van der Waals surface area contributed by atoms with Gasteiger partial charge in [0.25, 0.3) is 0 Å². The number of aliphatic imine (C=N–C) groups is 1. The predicted molar refractivity (Wildman–Crippen MR) is 132 cm³/mol. The van der Waals surface area contributed by atoms with Gasteiger partial charge in [-0.15, -0.1) is 24.0 Å². The summed E-state index contributed by atoms with van der Waals surface area (Å²) >= 11 is 0. The molecule has 0 atom stereocenters. The lowest BCUT2D eigenvalue weighted by Gasteiger charge is -2.16. The molecule has 11 heteroatoms. The number of amides is 1. The van der Waals surface area contributed by atoms with E-state index in [1.54, 1.807) is 18.2 Å². The zero-order valence-electron chi connectivity index (χ0n) is 18.2. The van der Waals surface area contributed by atoms with Crippen LogP contribution in [-0.2, 0) is 26.1 Å². The van der Waals surface area contributed by atoms with Crippen LogP contribution in [0.15, 0.2) is 34.2 Å². The van der Waals surface area contributed by atoms with Crippen LogP contribution in [0.5, 0.6) is 0 Å². The Hall–Kier alpha value is -1.44. The topological polar surface area (TPSA) is 112 Å². The van der Waals surface area contributed by atoms with E-state index in [1.165, 1.54) is 7.11 Å². The normalized spacial score (nSPS) is 14.5. The van der Waals surface area contributed by atoms with E-state index >= 15 is 0 Å². The summed E-state index contributed by atoms with van der Waals surface area (Å²) in [5, 5.41) is 6.45. The number of nitrogens with zero attached hydrogens (tertiary/aromatic N) is 2. The number of guanidine groups is 1. The number of ether oxygens (including phenoxy) is 1. The van der Waals surface area contributed by atoms with E-state index in [2.05, 4.69) is 20.3 Å². The summed E-state index contributed by atoms with van der Waals surface area (Å²) in [6.07, 6.45) is 2.46. The lowest BCUT2D eigenvalue weighted by Crippen LogP contribution is -2.39. The highest BCUT2D eigenvalue weighted by Crippen LogP contribution is 2.12. The molecular weight excluding hydrogens is 533 g/mol. The molecule has 0 aliphatic carbocycles. The second-order valence-corrected chi connectivity index (χ2v) is 8.76. The maximum Gasteiger partial charge on any atom is 0.240 e. The van der Waals surface area contributed by atoms with Gasteiger partial charge in [0.15, 0.2) is 5.96 Å². The zero-order chi connectivity index (χ0) is 21.8. The number of nitrogens with one attached hydrogen (secondary N) is 3. The Morgan fingerprint density at radius 1 is 1.26 bits per heavy atom. The van der Waals surface area contributed by atoms with E-state index < -0.39 is 10.0 Å². The minimum atomic E-state index is -3.58. The van der Waals surface area contributed by atoms with Crippen LogP contribution < -0.4 is 15.4 Å². The number of benzene rings is 1. The maximum atomic E-state index is 12.4. The second kappa shape index (κ2) is 14.6. The number of carbonyl (C=O) groups is 1. The van der Waals surface area contributed by atoms with Gasteiger partial charge in [0.05, 0.1) is 18.0 Å². The van der Waals surface area contributed by atoms with Gasteiger partial charge >= 0.3 is 0 Å². The van der Waals surface area contributed by atoms with Crippen LogP contribution in [0.3, 0.4) is 0 Å². The summed E-state index contributed by atoms with van der Waals surface area (Å²) in [5.74, 6) is 0.902. The minimum Gasteiger partial charge on any atom is -0.383 e. The van der Waals surface area contributed by atoms with Crippen molar-refractivity contribution in [3.05, 3.63) is 29.8 Å². The average Bonchev–Trinajstić information content (AvgIpc) is 3.14. The highest BCUT2D eigenvalue weighted by Gasteiger charge is 2.19. The number of halogens is 1. The molecule has 2 rings (SSSR count). The highest BCUT2D eigenvalue weighted by molar-refractivity contribution is 14.0. The molecule has 3 N–H and O–H groups in total. The van der Waals surface area contributed by atoms with Gasteiger partial charge in [-0.1, -0.05) is 12.1 Å². The van der Waals surface area contributed by atoms with E-state index in [-0.39, 0.29) is 41.3 Å². The SMILES string of the molecule is CCNC(=NCc1cccc(S(=O)(=O)NCCOC)c1)NCCCN1CCCC1=O.I. The molecule has 1 amide bonds. The van der Waals surface area contributed by atoms with E-state index in [0.29, 0.717) is 38.6 Å². The van der Waals surface area contributed by atoms with Crippen LogP contribution in [0.25, 0.3) is 0 Å². The Kier molecular flexibility index (Phi) is 13.0. The molecule has 1 heterocycles. The second-order valence-electron chi connectivity index (χ2n) is 7.00. The van der Waals surface area contributed by atoms with E-state index in [0.717, 1.165) is 31.5 Å². The van der Waals surface area contributed by atoms with Gasteiger partial charge in [0, 0.05) is 46.3 Å². The summed E-state index contributed by atoms with van der Waals surface area (Å²) in [6, 6.07) is 6.75. The number of rotatable bonds is 12. The molecule has 0 unspecified atom stereocenters. The standard InChI is InChI=1S/C20H33N5O4S.HI/c1-3-21-20(22-10-6-13-25-12-5-9-19(25)26)23-16-17-7-4-8-18(15-17)30(27,28)24-11-14-29-2;/h4,7-8,15,24H,3,5-6,9-14,16H2,1-2H3,(H2,21,22,23);1H. The van der Waals surface area contributed by atoms with Crippen molar-refractivity contribution in [2.24, 2.45) is 4.99 Å². The number of likely N-dealkylation sites (tertiary alicyclic amines) is 1. The maximum absolute atomic E-state index is 12.4. The van der Waals surface area contributed by atoms with Gasteiger partial charge in [-0.05, 0) is 37.5 Å². The van der Waals surface area contributed by atoms with Gasteiger partial charge in [0.2, 0.25) is 15.9 Å². The molecule has 31 heavy (non-hydrogen) atoms. The molecule has 0 spiro atoms. The van der Waals surface area contributed by atoms with Crippen molar-refractivity contribution in [1.29, 1.82) is 0 Å². The van der Waals surface area contributed by atoms with Gasteiger partial charge in [0.1, 0.15) is 0 Å². The van der Waals surface area contributed by atoms with Crippen molar-refractivity contribution in [3.8, 4) is 0 Å². The van der Waals surface area contributed by atoms with Crippen LogP contribution in [0, 0.1) is 0 Å². The van der Waals surface area contributed by atoms with Crippen LogP contribution in [0.2, 0.25) is 0 Å². The molecule has 1 aromatic carbocycles. The summed E-state index contributed by atoms with van der Waals surface area (Å²) in [5.41, 5.74) is 0.796. The van der Waals surface area contributed by atoms with Crippen molar-refractivity contribution >= 4 is 45.9 Å². The molecule has 0 saturated carbocycles. The molecule has 1 aliphatic heterocycles. The van der Waals surface area contributed by atoms with Crippen LogP contribution in [0.4, 0.5) is 0 Å². The van der Waals surface area contributed by atoms with Crippen molar-refractivity contribution in [2.45, 2.75) is 37.6 Å². The summed E-state index contributed by atoms with van der Waals surface area (Å²) < 4.78 is 32.1. The van der Waals surface area contributed by atoms with Gasteiger partial charge in [-0.2, -0.15) is 0 Å². The number of sulfonamides is 1. The first-order valence-corrected chi connectivity index (χ1v) is 11.8. The van der Waals surface area contributed by atoms with E-state index in [1.807, 2.05) is 17.9 Å². The third-order valence-electron chi connectivity index (χ3n) is 4.64. The Labute approximate surface area is 202 Å². The number of hydrogen-bond donors (Lipinski definition) is 3. The third-order valence-corrected chi connectivity index (χ3v) is 6.10. The zero-order valence-corrected chi connectivity index (χ0v) is 21.4. The molecule has 1 aromatic rings. The molecule has 176 valence electrons. The molecule has 0 radical (unpaired) electrons. The number of carbonyl (C=O) groups excluding carboxylic acids is 1. The lowest BCUT2D eigenvalue weighted by molar-refractivity contribution is -0.127. The van der Waals surface area contributed by atoms with Crippen LogP contribution in [0.1, 0.15) is 31.7 Å². The minimum absolute atomic E-state index is 0. The fourth-order valence-corrected chi connectivity index (χ4v) is 4.18. The molecule has 1 fully saturated rings. The highest BCUT2D eigenvalue weighted by atomic mass is 127.